The van der Waals surface area contributed by atoms with Gasteiger partial charge in [0.2, 0.25) is 0 Å². The number of halogens is 1. The third-order valence-corrected chi connectivity index (χ3v) is 5.41. The normalized spacial score (nSPS) is 16.3. The van der Waals surface area contributed by atoms with E-state index in [0.29, 0.717) is 0 Å². The maximum absolute atomic E-state index is 8.49. The van der Waals surface area contributed by atoms with Gasteiger partial charge in [0.1, 0.15) is 25.6 Å². The van der Waals surface area contributed by atoms with Crippen LogP contribution in [0, 0.1) is 10.2 Å². The lowest BCUT2D eigenvalue weighted by molar-refractivity contribution is -2.00. The number of ether oxygens (including phenoxy) is 1. The molecule has 36 heavy (non-hydrogen) atoms. The average molecular weight is 506 g/mol. The molecule has 2 aromatic rings. The van der Waals surface area contributed by atoms with Gasteiger partial charge in [-0.2, -0.15) is 0 Å². The minimum Gasteiger partial charge on any atom is -0.456 e. The Balaban J connectivity index is 0.000000658. The predicted octanol–water partition coefficient (Wildman–Crippen LogP) is 1.81. The molecule has 0 amide bonds. The fraction of sp³-hybridized carbons (Fsp3) is 0.138. The summed E-state index contributed by atoms with van der Waals surface area (Å²) < 4.78 is 42.5. The molecule has 0 saturated heterocycles. The molecule has 0 atom stereocenters. The Morgan fingerprint density at radius 3 is 1.83 bits per heavy atom. The number of rotatable bonds is 4. The van der Waals surface area contributed by atoms with Crippen LogP contribution in [0.1, 0.15) is 24.5 Å². The second-order valence-electron chi connectivity index (χ2n) is 8.19. The molecule has 186 valence electrons. The van der Waals surface area contributed by atoms with E-state index in [-0.39, 0.29) is 0 Å². The van der Waals surface area contributed by atoms with Gasteiger partial charge in [-0.3, -0.25) is 0 Å². The molecule has 2 aromatic carbocycles. The Morgan fingerprint density at radius 2 is 1.33 bits per heavy atom. The van der Waals surface area contributed by atoms with Crippen LogP contribution in [0.2, 0.25) is 0 Å². The first-order chi connectivity index (χ1) is 17.1. The second-order valence-corrected chi connectivity index (χ2v) is 8.95. The second kappa shape index (κ2) is 12.4. The first-order valence-corrected chi connectivity index (χ1v) is 12.6. The van der Waals surface area contributed by atoms with Crippen molar-refractivity contribution in [1.82, 2.24) is 0 Å². The Labute approximate surface area is 213 Å². The summed E-state index contributed by atoms with van der Waals surface area (Å²) in [6.45, 7) is 2.17. The van der Waals surface area contributed by atoms with Crippen LogP contribution in [0.3, 0.4) is 0 Å². The first kappa shape index (κ1) is 27.1. The molecule has 2 aliphatic rings. The summed E-state index contributed by atoms with van der Waals surface area (Å²) >= 11 is 0. The summed E-state index contributed by atoms with van der Waals surface area (Å²) in [7, 11) is -0.831. The third-order valence-electron chi connectivity index (χ3n) is 5.41. The highest BCUT2D eigenvalue weighted by molar-refractivity contribution is 6.02. The predicted molar refractivity (Wildman–Crippen MR) is 131 cm³/mol. The van der Waals surface area contributed by atoms with Gasteiger partial charge in [-0.25, -0.2) is 23.2 Å². The molecule has 0 fully saturated rings. The van der Waals surface area contributed by atoms with Gasteiger partial charge in [-0.05, 0) is 59.1 Å². The molecular formula is C29H28ClNO5. The van der Waals surface area contributed by atoms with E-state index < -0.39 is 10.2 Å². The topological polar surface area (TPSA) is 104 Å². The van der Waals surface area contributed by atoms with Crippen LogP contribution >= 0.6 is 0 Å². The van der Waals surface area contributed by atoms with Gasteiger partial charge in [0.25, 0.3) is 0 Å². The molecule has 0 radical (unpaired) electrons. The van der Waals surface area contributed by atoms with Crippen molar-refractivity contribution < 1.29 is 38.2 Å². The van der Waals surface area contributed by atoms with Crippen LogP contribution in [0.25, 0.3) is 11.3 Å². The molecule has 4 rings (SSSR count). The van der Waals surface area contributed by atoms with Crippen molar-refractivity contribution >= 4 is 17.0 Å². The highest BCUT2D eigenvalue weighted by Gasteiger charge is 2.17. The fourth-order valence-corrected chi connectivity index (χ4v) is 3.62. The molecular weight excluding hydrogens is 478 g/mol. The van der Waals surface area contributed by atoms with Crippen molar-refractivity contribution in [2.75, 3.05) is 14.1 Å². The lowest BCUT2D eigenvalue weighted by atomic mass is 9.97. The van der Waals surface area contributed by atoms with Crippen molar-refractivity contribution in [3.63, 3.8) is 0 Å². The van der Waals surface area contributed by atoms with E-state index in [2.05, 4.69) is 105 Å². The van der Waals surface area contributed by atoms with Crippen molar-refractivity contribution in [2.24, 2.45) is 0 Å². The standard InChI is InChI=1S/C29H28NO.ClHO4/c1-4-23(19-22-15-17-27(18-16-22)30(2)3)28-20-26(24-11-7-5-8-12-24)21-29(31-28)25-13-9-6-10-14-25;2-1(3,4)5/h5-21H,4H2,1-3H3;(H,2,3,4,5)/q+1;/p-1. The average Bonchev–Trinajstić information content (AvgIpc) is 2.87. The lowest BCUT2D eigenvalue weighted by Crippen LogP contribution is -2.68. The van der Waals surface area contributed by atoms with Crippen molar-refractivity contribution in [1.29, 1.82) is 0 Å². The van der Waals surface area contributed by atoms with Crippen LogP contribution in [0.4, 0.5) is 0 Å². The van der Waals surface area contributed by atoms with Gasteiger partial charge < -0.3 is 4.74 Å². The maximum Gasteiger partial charge on any atom is 0.199 e. The Kier molecular flexibility index (Phi) is 9.36. The Morgan fingerprint density at radius 1 is 0.806 bits per heavy atom. The summed E-state index contributed by atoms with van der Waals surface area (Å²) in [5.74, 6) is 1.78. The van der Waals surface area contributed by atoms with Crippen LogP contribution in [0.5, 0.6) is 0 Å². The molecule has 0 saturated carbocycles. The minimum absolute atomic E-state index is 0.874. The Hall–Kier alpha value is -3.52. The van der Waals surface area contributed by atoms with Crippen LogP contribution in [-0.2, 0) is 4.74 Å². The van der Waals surface area contributed by atoms with Crippen LogP contribution < -0.4 is 18.6 Å². The number of hydrogen-bond donors (Lipinski definition) is 0. The molecule has 0 spiro atoms. The molecule has 0 bridgehead atoms. The molecule has 0 N–H and O–H groups in total. The summed E-state index contributed by atoms with van der Waals surface area (Å²) in [4.78, 5) is 0. The molecule has 6 nitrogen and oxygen atoms in total. The molecule has 7 heteroatoms. The zero-order valence-corrected chi connectivity index (χ0v) is 21.1. The van der Waals surface area contributed by atoms with Crippen molar-refractivity contribution in [3.8, 4) is 0 Å². The Bertz CT molecular complexity index is 1250. The zero-order chi connectivity index (χ0) is 26.1. The SMILES string of the molecule is CCC(C=C1C=CC(=[N+](C)C)C=C1)=C1C=C(c2ccccc2)C=C(c2ccccc2)O1.[O-][Cl+3]([O-])([O-])[O-]. The third kappa shape index (κ3) is 8.30. The van der Waals surface area contributed by atoms with Crippen LogP contribution in [-0.4, -0.2) is 24.4 Å². The van der Waals surface area contributed by atoms with E-state index in [0.717, 1.165) is 29.1 Å². The molecule has 1 heterocycles. The van der Waals surface area contributed by atoms with Gasteiger partial charge in [-0.1, -0.05) is 67.6 Å². The molecule has 0 unspecified atom stereocenters. The summed E-state index contributed by atoms with van der Waals surface area (Å²) in [6, 6.07) is 20.8. The highest BCUT2D eigenvalue weighted by atomic mass is 35.7. The first-order valence-electron chi connectivity index (χ1n) is 11.3. The van der Waals surface area contributed by atoms with Gasteiger partial charge in [0.15, 0.2) is 5.71 Å². The lowest BCUT2D eigenvalue weighted by Gasteiger charge is -2.20. The van der Waals surface area contributed by atoms with E-state index in [1.807, 2.05) is 24.3 Å². The van der Waals surface area contributed by atoms with Gasteiger partial charge >= 0.3 is 0 Å². The number of nitrogens with zero attached hydrogens (tertiary/aromatic N) is 1. The van der Waals surface area contributed by atoms with E-state index >= 15 is 0 Å². The molecule has 1 aliphatic heterocycles. The fourth-order valence-electron chi connectivity index (χ4n) is 3.62. The smallest absolute Gasteiger partial charge is 0.199 e. The van der Waals surface area contributed by atoms with Crippen molar-refractivity contribution in [3.05, 3.63) is 131 Å². The number of hydrogen-bond acceptors (Lipinski definition) is 5. The van der Waals surface area contributed by atoms with Gasteiger partial charge in [-0.15, -0.1) is 10.2 Å². The van der Waals surface area contributed by atoms with Gasteiger partial charge in [0, 0.05) is 17.7 Å². The summed E-state index contributed by atoms with van der Waals surface area (Å²) in [5.41, 5.74) is 6.95. The van der Waals surface area contributed by atoms with Gasteiger partial charge in [0.05, 0.1) is 0 Å². The van der Waals surface area contributed by atoms with E-state index in [4.69, 9.17) is 23.4 Å². The number of benzene rings is 2. The summed E-state index contributed by atoms with van der Waals surface area (Å²) in [6.07, 6.45) is 16.0. The largest absolute Gasteiger partial charge is 0.456 e. The van der Waals surface area contributed by atoms with E-state index in [1.165, 1.54) is 22.4 Å². The van der Waals surface area contributed by atoms with Crippen LogP contribution in [0.15, 0.2) is 120 Å². The maximum atomic E-state index is 8.49. The summed E-state index contributed by atoms with van der Waals surface area (Å²) in [5, 5.41) is 0. The highest BCUT2D eigenvalue weighted by Crippen LogP contribution is 2.34. The quantitative estimate of drug-likeness (QED) is 0.589. The van der Waals surface area contributed by atoms with E-state index in [1.54, 1.807) is 0 Å². The van der Waals surface area contributed by atoms with E-state index in [9.17, 15) is 0 Å². The number of allylic oxidation sites excluding steroid dienone is 10. The zero-order valence-electron chi connectivity index (χ0n) is 20.4. The minimum atomic E-state index is -4.94. The van der Waals surface area contributed by atoms with Crippen molar-refractivity contribution in [2.45, 2.75) is 13.3 Å². The molecule has 1 aliphatic carbocycles. The molecule has 0 aromatic heterocycles. The monoisotopic (exact) mass is 505 g/mol.